The first-order valence-electron chi connectivity index (χ1n) is 8.88. The summed E-state index contributed by atoms with van der Waals surface area (Å²) in [5.41, 5.74) is 2.40. The van der Waals surface area contributed by atoms with E-state index in [1.165, 1.54) is 11.1 Å². The van der Waals surface area contributed by atoms with E-state index >= 15 is 0 Å². The lowest BCUT2D eigenvalue weighted by atomic mass is 10.00. The van der Waals surface area contributed by atoms with Gasteiger partial charge in [0, 0.05) is 13.1 Å². The third kappa shape index (κ3) is 5.25. The van der Waals surface area contributed by atoms with Gasteiger partial charge in [-0.3, -0.25) is 4.79 Å². The summed E-state index contributed by atoms with van der Waals surface area (Å²) in [6.07, 6.45) is 4.49. The molecule has 1 aromatic carbocycles. The number of ether oxygens (including phenoxy) is 1. The topological polar surface area (TPSA) is 58.6 Å². The van der Waals surface area contributed by atoms with E-state index in [-0.39, 0.29) is 24.5 Å². The second-order valence-corrected chi connectivity index (χ2v) is 6.26. The summed E-state index contributed by atoms with van der Waals surface area (Å²) in [6, 6.07) is 8.44. The minimum absolute atomic E-state index is 0.0910. The Morgan fingerprint density at radius 2 is 1.96 bits per heavy atom. The average Bonchev–Trinajstić information content (AvgIpc) is 2.81. The summed E-state index contributed by atoms with van der Waals surface area (Å²) in [4.78, 5) is 25.9. The molecule has 24 heavy (non-hydrogen) atoms. The van der Waals surface area contributed by atoms with E-state index in [9.17, 15) is 9.59 Å². The molecule has 1 N–H and O–H groups in total. The Bertz CT molecular complexity index is 542. The van der Waals surface area contributed by atoms with Gasteiger partial charge in [0.1, 0.15) is 0 Å². The number of carbonyl (C=O) groups is 2. The van der Waals surface area contributed by atoms with Gasteiger partial charge < -0.3 is 15.0 Å². The summed E-state index contributed by atoms with van der Waals surface area (Å²) in [5.74, 6) is -0.274. The SMILES string of the molecule is CCOC(=O)CCNC(=O)N1CCCCCC1c1ccc(C)cc1. The lowest BCUT2D eigenvalue weighted by Gasteiger charge is -2.30. The van der Waals surface area contributed by atoms with Crippen LogP contribution in [0.5, 0.6) is 0 Å². The maximum absolute atomic E-state index is 12.6. The summed E-state index contributed by atoms with van der Waals surface area (Å²) in [6.45, 7) is 5.28. The maximum Gasteiger partial charge on any atom is 0.317 e. The number of benzene rings is 1. The highest BCUT2D eigenvalue weighted by Crippen LogP contribution is 2.30. The molecule has 2 amide bonds. The minimum Gasteiger partial charge on any atom is -0.466 e. The maximum atomic E-state index is 12.6. The molecular formula is C19H28N2O3. The van der Waals surface area contributed by atoms with Gasteiger partial charge in [0.25, 0.3) is 0 Å². The number of rotatable bonds is 5. The van der Waals surface area contributed by atoms with Crippen LogP contribution in [0.15, 0.2) is 24.3 Å². The Morgan fingerprint density at radius 3 is 2.67 bits per heavy atom. The number of carbonyl (C=O) groups excluding carboxylic acids is 2. The number of amides is 2. The van der Waals surface area contributed by atoms with E-state index in [0.717, 1.165) is 32.2 Å². The fourth-order valence-corrected chi connectivity index (χ4v) is 3.09. The zero-order valence-corrected chi connectivity index (χ0v) is 14.7. The van der Waals surface area contributed by atoms with Gasteiger partial charge in [-0.15, -0.1) is 0 Å². The molecule has 5 heteroatoms. The highest BCUT2D eigenvalue weighted by molar-refractivity contribution is 5.76. The standard InChI is InChI=1S/C19H28N2O3/c1-3-24-18(22)12-13-20-19(23)21-14-6-4-5-7-17(21)16-10-8-15(2)9-11-16/h8-11,17H,3-7,12-14H2,1-2H3,(H,20,23). The van der Waals surface area contributed by atoms with Crippen molar-refractivity contribution < 1.29 is 14.3 Å². The predicted molar refractivity (Wildman–Crippen MR) is 93.7 cm³/mol. The Labute approximate surface area is 144 Å². The van der Waals surface area contributed by atoms with Crippen LogP contribution in [0.4, 0.5) is 4.79 Å². The van der Waals surface area contributed by atoms with Crippen molar-refractivity contribution in [3.8, 4) is 0 Å². The second-order valence-electron chi connectivity index (χ2n) is 6.26. The molecule has 1 saturated heterocycles. The average molecular weight is 332 g/mol. The first-order valence-corrected chi connectivity index (χ1v) is 8.88. The Balaban J connectivity index is 1.99. The van der Waals surface area contributed by atoms with Crippen molar-refractivity contribution in [1.82, 2.24) is 10.2 Å². The molecule has 2 rings (SSSR count). The number of urea groups is 1. The van der Waals surface area contributed by atoms with Gasteiger partial charge in [-0.25, -0.2) is 4.79 Å². The van der Waals surface area contributed by atoms with Crippen LogP contribution in [0.2, 0.25) is 0 Å². The normalized spacial score (nSPS) is 17.9. The quantitative estimate of drug-likeness (QED) is 0.839. The van der Waals surface area contributed by atoms with Gasteiger partial charge in [-0.05, 0) is 32.3 Å². The van der Waals surface area contributed by atoms with E-state index in [4.69, 9.17) is 4.74 Å². The fraction of sp³-hybridized carbons (Fsp3) is 0.579. The molecular weight excluding hydrogens is 304 g/mol. The van der Waals surface area contributed by atoms with Crippen molar-refractivity contribution in [2.75, 3.05) is 19.7 Å². The number of hydrogen-bond donors (Lipinski definition) is 1. The first kappa shape index (κ1) is 18.3. The molecule has 1 aliphatic rings. The first-order chi connectivity index (χ1) is 11.6. The van der Waals surface area contributed by atoms with Crippen LogP contribution in [0, 0.1) is 6.92 Å². The number of hydrogen-bond acceptors (Lipinski definition) is 3. The third-order valence-electron chi connectivity index (χ3n) is 4.39. The number of aryl methyl sites for hydroxylation is 1. The van der Waals surface area contributed by atoms with Crippen molar-refractivity contribution >= 4 is 12.0 Å². The van der Waals surface area contributed by atoms with Gasteiger partial charge >= 0.3 is 12.0 Å². The zero-order valence-electron chi connectivity index (χ0n) is 14.7. The largest absolute Gasteiger partial charge is 0.466 e. The second kappa shape index (κ2) is 9.30. The van der Waals surface area contributed by atoms with Crippen LogP contribution < -0.4 is 5.32 Å². The van der Waals surface area contributed by atoms with Crippen LogP contribution in [0.1, 0.15) is 56.2 Å². The number of esters is 1. The van der Waals surface area contributed by atoms with Gasteiger partial charge in [0.2, 0.25) is 0 Å². The van der Waals surface area contributed by atoms with E-state index in [2.05, 4.69) is 36.5 Å². The van der Waals surface area contributed by atoms with E-state index in [1.807, 2.05) is 4.90 Å². The van der Waals surface area contributed by atoms with Crippen LogP contribution in [-0.4, -0.2) is 36.6 Å². The zero-order chi connectivity index (χ0) is 17.4. The van der Waals surface area contributed by atoms with E-state index < -0.39 is 0 Å². The number of nitrogens with one attached hydrogen (secondary N) is 1. The molecule has 1 atom stereocenters. The molecule has 0 spiro atoms. The van der Waals surface area contributed by atoms with Gasteiger partial charge in [0.15, 0.2) is 0 Å². The molecule has 0 aromatic heterocycles. The molecule has 0 radical (unpaired) electrons. The molecule has 1 aromatic rings. The highest BCUT2D eigenvalue weighted by atomic mass is 16.5. The van der Waals surface area contributed by atoms with Gasteiger partial charge in [-0.2, -0.15) is 0 Å². The molecule has 1 unspecified atom stereocenters. The fourth-order valence-electron chi connectivity index (χ4n) is 3.09. The Kier molecular flexibility index (Phi) is 7.09. The summed E-state index contributed by atoms with van der Waals surface area (Å²) in [7, 11) is 0. The molecule has 1 aliphatic heterocycles. The number of nitrogens with zero attached hydrogens (tertiary/aromatic N) is 1. The molecule has 1 fully saturated rings. The highest BCUT2D eigenvalue weighted by Gasteiger charge is 2.26. The molecule has 5 nitrogen and oxygen atoms in total. The van der Waals surface area contributed by atoms with Crippen LogP contribution >= 0.6 is 0 Å². The molecule has 0 saturated carbocycles. The van der Waals surface area contributed by atoms with Crippen molar-refractivity contribution in [2.24, 2.45) is 0 Å². The smallest absolute Gasteiger partial charge is 0.317 e. The van der Waals surface area contributed by atoms with Crippen molar-refractivity contribution in [2.45, 2.75) is 52.0 Å². The van der Waals surface area contributed by atoms with Crippen LogP contribution in [0.3, 0.4) is 0 Å². The van der Waals surface area contributed by atoms with Crippen LogP contribution in [-0.2, 0) is 9.53 Å². The Morgan fingerprint density at radius 1 is 1.21 bits per heavy atom. The molecule has 0 bridgehead atoms. The Hall–Kier alpha value is -2.04. The van der Waals surface area contributed by atoms with E-state index in [1.54, 1.807) is 6.92 Å². The van der Waals surface area contributed by atoms with E-state index in [0.29, 0.717) is 13.2 Å². The van der Waals surface area contributed by atoms with Crippen molar-refractivity contribution in [3.63, 3.8) is 0 Å². The van der Waals surface area contributed by atoms with Crippen molar-refractivity contribution in [3.05, 3.63) is 35.4 Å². The summed E-state index contributed by atoms with van der Waals surface area (Å²) in [5, 5.41) is 2.87. The summed E-state index contributed by atoms with van der Waals surface area (Å²) >= 11 is 0. The molecule has 132 valence electrons. The minimum atomic E-state index is -0.274. The third-order valence-corrected chi connectivity index (χ3v) is 4.39. The van der Waals surface area contributed by atoms with Gasteiger partial charge in [-0.1, -0.05) is 42.7 Å². The predicted octanol–water partition coefficient (Wildman–Crippen LogP) is 3.57. The molecule has 1 heterocycles. The number of likely N-dealkylation sites (tertiary alicyclic amines) is 1. The summed E-state index contributed by atoms with van der Waals surface area (Å²) < 4.78 is 4.89. The van der Waals surface area contributed by atoms with Crippen molar-refractivity contribution in [1.29, 1.82) is 0 Å². The lowest BCUT2D eigenvalue weighted by molar-refractivity contribution is -0.142. The monoisotopic (exact) mass is 332 g/mol. The van der Waals surface area contributed by atoms with Crippen LogP contribution in [0.25, 0.3) is 0 Å². The lowest BCUT2D eigenvalue weighted by Crippen LogP contribution is -2.42. The van der Waals surface area contributed by atoms with Gasteiger partial charge in [0.05, 0.1) is 19.1 Å². The molecule has 0 aliphatic carbocycles.